The zero-order chi connectivity index (χ0) is 10.8. The largest absolute Gasteiger partial charge is 0.453 e. The van der Waals surface area contributed by atoms with Gasteiger partial charge in [-0.2, -0.15) is 17.6 Å². The minimum atomic E-state index is -5.08. The zero-order valence-electron chi connectivity index (χ0n) is 7.31. The van der Waals surface area contributed by atoms with Crippen LogP contribution in [0.4, 0.5) is 17.6 Å². The van der Waals surface area contributed by atoms with Gasteiger partial charge in [0.1, 0.15) is 0 Å². The maximum absolute atomic E-state index is 13.4. The molecule has 0 N–H and O–H groups in total. The van der Waals surface area contributed by atoms with Crippen LogP contribution in [0.15, 0.2) is 30.3 Å². The summed E-state index contributed by atoms with van der Waals surface area (Å²) in [6, 6.07) is 6.17. The van der Waals surface area contributed by atoms with Crippen molar-refractivity contribution in [1.82, 2.24) is 0 Å². The maximum Gasteiger partial charge on any atom is 0.453 e. The van der Waals surface area contributed by atoms with Gasteiger partial charge in [0.25, 0.3) is 0 Å². The van der Waals surface area contributed by atoms with Crippen LogP contribution in [0.3, 0.4) is 0 Å². The molecule has 0 saturated carbocycles. The normalized spacial score (nSPS) is 16.4. The van der Waals surface area contributed by atoms with Crippen LogP contribution in [0.25, 0.3) is 0 Å². The average Bonchev–Trinajstić information content (AvgIpc) is 2.16. The van der Waals surface area contributed by atoms with Crippen LogP contribution in [0.2, 0.25) is 0 Å². The molecule has 0 aromatic heterocycles. The molecule has 0 saturated heterocycles. The van der Waals surface area contributed by atoms with Crippen LogP contribution < -0.4 is 0 Å². The Morgan fingerprint density at radius 2 is 1.50 bits per heavy atom. The van der Waals surface area contributed by atoms with Crippen molar-refractivity contribution >= 4 is 0 Å². The molecule has 5 heteroatoms. The molecule has 78 valence electrons. The monoisotopic (exact) mass is 208 g/mol. The zero-order valence-corrected chi connectivity index (χ0v) is 7.31. The third-order valence-corrected chi connectivity index (χ3v) is 1.79. The summed E-state index contributed by atoms with van der Waals surface area (Å²) in [4.78, 5) is 0. The molecule has 0 aliphatic heterocycles. The fraction of sp³-hybridized carbons (Fsp3) is 0.333. The SMILES string of the molecule is COC(F)(c1ccccc1)C(F)(F)F. The predicted molar refractivity (Wildman–Crippen MR) is 42.3 cm³/mol. The van der Waals surface area contributed by atoms with E-state index < -0.39 is 17.6 Å². The first-order chi connectivity index (χ1) is 6.42. The van der Waals surface area contributed by atoms with Gasteiger partial charge in [0.15, 0.2) is 0 Å². The number of alkyl halides is 4. The fourth-order valence-electron chi connectivity index (χ4n) is 1.05. The number of hydrogen-bond donors (Lipinski definition) is 0. The summed E-state index contributed by atoms with van der Waals surface area (Å²) in [5, 5.41) is 0. The van der Waals surface area contributed by atoms with Crippen molar-refractivity contribution in [1.29, 1.82) is 0 Å². The Labute approximate surface area is 78.3 Å². The molecular weight excluding hydrogens is 200 g/mol. The maximum atomic E-state index is 13.4. The molecule has 1 aromatic rings. The highest BCUT2D eigenvalue weighted by Crippen LogP contribution is 2.42. The topological polar surface area (TPSA) is 9.23 Å². The van der Waals surface area contributed by atoms with Gasteiger partial charge in [-0.1, -0.05) is 30.3 Å². The summed E-state index contributed by atoms with van der Waals surface area (Å²) in [5.41, 5.74) is -0.560. The summed E-state index contributed by atoms with van der Waals surface area (Å²) in [5.74, 6) is -3.73. The Kier molecular flexibility index (Phi) is 2.80. The van der Waals surface area contributed by atoms with E-state index >= 15 is 0 Å². The van der Waals surface area contributed by atoms with E-state index in [2.05, 4.69) is 4.74 Å². The van der Waals surface area contributed by atoms with E-state index in [1.54, 1.807) is 0 Å². The van der Waals surface area contributed by atoms with Gasteiger partial charge in [0.05, 0.1) is 0 Å². The van der Waals surface area contributed by atoms with Crippen molar-refractivity contribution in [3.63, 3.8) is 0 Å². The highest BCUT2D eigenvalue weighted by Gasteiger charge is 2.58. The van der Waals surface area contributed by atoms with Crippen molar-refractivity contribution in [3.05, 3.63) is 35.9 Å². The molecule has 1 rings (SSSR count). The van der Waals surface area contributed by atoms with Crippen molar-refractivity contribution in [2.45, 2.75) is 12.0 Å². The lowest BCUT2D eigenvalue weighted by Crippen LogP contribution is -2.39. The Morgan fingerprint density at radius 3 is 1.86 bits per heavy atom. The minimum Gasteiger partial charge on any atom is -0.339 e. The third kappa shape index (κ3) is 1.72. The first kappa shape index (κ1) is 11.0. The van der Waals surface area contributed by atoms with E-state index in [4.69, 9.17) is 0 Å². The third-order valence-electron chi connectivity index (χ3n) is 1.79. The Hall–Kier alpha value is -1.10. The van der Waals surface area contributed by atoms with Crippen molar-refractivity contribution in [2.75, 3.05) is 7.11 Å². The van der Waals surface area contributed by atoms with Crippen LogP contribution in [-0.2, 0) is 10.6 Å². The first-order valence-corrected chi connectivity index (χ1v) is 3.78. The summed E-state index contributed by atoms with van der Waals surface area (Å²) in [6.45, 7) is 0. The van der Waals surface area contributed by atoms with Gasteiger partial charge >= 0.3 is 12.0 Å². The summed E-state index contributed by atoms with van der Waals surface area (Å²) in [7, 11) is 0.681. The molecule has 0 heterocycles. The van der Waals surface area contributed by atoms with Crippen LogP contribution in [0.5, 0.6) is 0 Å². The van der Waals surface area contributed by atoms with Crippen molar-refractivity contribution in [3.8, 4) is 0 Å². The van der Waals surface area contributed by atoms with Gasteiger partial charge in [-0.3, -0.25) is 0 Å². The summed E-state index contributed by atoms with van der Waals surface area (Å²) in [6.07, 6.45) is -5.08. The molecule has 0 amide bonds. The number of methoxy groups -OCH3 is 1. The van der Waals surface area contributed by atoms with Gasteiger partial charge in [-0.25, -0.2) is 0 Å². The van der Waals surface area contributed by atoms with Gasteiger partial charge in [0, 0.05) is 12.7 Å². The number of halogens is 4. The van der Waals surface area contributed by atoms with Gasteiger partial charge < -0.3 is 4.74 Å². The second-order valence-corrected chi connectivity index (χ2v) is 2.66. The molecular formula is C9H8F4O. The average molecular weight is 208 g/mol. The molecule has 1 unspecified atom stereocenters. The van der Waals surface area contributed by atoms with E-state index in [-0.39, 0.29) is 0 Å². The predicted octanol–water partition coefficient (Wildman–Crippen LogP) is 3.02. The minimum absolute atomic E-state index is 0.560. The van der Waals surface area contributed by atoms with E-state index in [1.165, 1.54) is 18.2 Å². The quantitative estimate of drug-likeness (QED) is 0.679. The van der Waals surface area contributed by atoms with Crippen LogP contribution in [-0.4, -0.2) is 13.3 Å². The number of hydrogen-bond acceptors (Lipinski definition) is 1. The van der Waals surface area contributed by atoms with E-state index in [0.29, 0.717) is 7.11 Å². The lowest BCUT2D eigenvalue weighted by Gasteiger charge is -2.26. The molecule has 0 fully saturated rings. The molecule has 0 radical (unpaired) electrons. The first-order valence-electron chi connectivity index (χ1n) is 3.78. The summed E-state index contributed by atoms with van der Waals surface area (Å²) >= 11 is 0. The highest BCUT2D eigenvalue weighted by atomic mass is 19.4. The van der Waals surface area contributed by atoms with E-state index in [1.807, 2.05) is 0 Å². The van der Waals surface area contributed by atoms with Crippen molar-refractivity contribution in [2.24, 2.45) is 0 Å². The molecule has 1 aromatic carbocycles. The lowest BCUT2D eigenvalue weighted by atomic mass is 10.1. The molecule has 0 aliphatic rings. The molecule has 0 aliphatic carbocycles. The molecule has 14 heavy (non-hydrogen) atoms. The van der Waals surface area contributed by atoms with Gasteiger partial charge in [-0.05, 0) is 0 Å². The van der Waals surface area contributed by atoms with Crippen LogP contribution in [0.1, 0.15) is 5.56 Å². The number of ether oxygens (including phenoxy) is 1. The second-order valence-electron chi connectivity index (χ2n) is 2.66. The molecule has 1 nitrogen and oxygen atoms in total. The molecule has 0 bridgehead atoms. The Balaban J connectivity index is 3.15. The molecule has 0 spiro atoms. The fourth-order valence-corrected chi connectivity index (χ4v) is 1.05. The smallest absolute Gasteiger partial charge is 0.339 e. The Morgan fingerprint density at radius 1 is 1.00 bits per heavy atom. The van der Waals surface area contributed by atoms with Crippen LogP contribution >= 0.6 is 0 Å². The van der Waals surface area contributed by atoms with Gasteiger partial charge in [0.2, 0.25) is 0 Å². The molecule has 1 atom stereocenters. The van der Waals surface area contributed by atoms with E-state index in [0.717, 1.165) is 12.1 Å². The lowest BCUT2D eigenvalue weighted by molar-refractivity contribution is -0.333. The second kappa shape index (κ2) is 3.57. The van der Waals surface area contributed by atoms with Crippen molar-refractivity contribution < 1.29 is 22.3 Å². The summed E-state index contributed by atoms with van der Waals surface area (Å²) < 4.78 is 54.2. The van der Waals surface area contributed by atoms with Gasteiger partial charge in [-0.15, -0.1) is 0 Å². The number of benzene rings is 1. The van der Waals surface area contributed by atoms with E-state index in [9.17, 15) is 17.6 Å². The highest BCUT2D eigenvalue weighted by molar-refractivity contribution is 5.21. The van der Waals surface area contributed by atoms with Crippen LogP contribution in [0, 0.1) is 0 Å². The Bertz CT molecular complexity index is 295. The number of rotatable bonds is 2. The standard InChI is InChI=1S/C9H8F4O/c1-14-8(10,9(11,12)13)7-5-3-2-4-6-7/h2-6H,1H3.